The fraction of sp³-hybridized carbons (Fsp3) is 0.294. The highest BCUT2D eigenvalue weighted by Crippen LogP contribution is 2.38. The highest BCUT2D eigenvalue weighted by molar-refractivity contribution is 9.09. The van der Waals surface area contributed by atoms with Gasteiger partial charge in [0.05, 0.1) is 19.0 Å². The Morgan fingerprint density at radius 1 is 0.900 bits per heavy atom. The quantitative estimate of drug-likeness (QED) is 0.747. The van der Waals surface area contributed by atoms with E-state index in [0.29, 0.717) is 0 Å². The lowest BCUT2D eigenvalue weighted by atomic mass is 9.99. The molecule has 20 heavy (non-hydrogen) atoms. The minimum atomic E-state index is 0.0997. The number of rotatable bonds is 4. The second kappa shape index (κ2) is 6.31. The molecule has 1 atom stereocenters. The Bertz CT molecular complexity index is 608. The second-order valence-electron chi connectivity index (χ2n) is 4.81. The summed E-state index contributed by atoms with van der Waals surface area (Å²) in [5, 5.41) is 0. The van der Waals surface area contributed by atoms with Crippen molar-refractivity contribution in [3.63, 3.8) is 0 Å². The van der Waals surface area contributed by atoms with Crippen molar-refractivity contribution >= 4 is 15.9 Å². The average molecular weight is 335 g/mol. The van der Waals surface area contributed by atoms with Crippen molar-refractivity contribution < 1.29 is 9.47 Å². The Balaban J connectivity index is 2.41. The Morgan fingerprint density at radius 3 is 2.25 bits per heavy atom. The molecular weight excluding hydrogens is 316 g/mol. The number of halogens is 1. The maximum absolute atomic E-state index is 5.47. The molecule has 0 spiro atoms. The van der Waals surface area contributed by atoms with E-state index in [1.165, 1.54) is 16.7 Å². The van der Waals surface area contributed by atoms with Crippen LogP contribution in [0.1, 0.15) is 27.1 Å². The maximum atomic E-state index is 5.47. The number of ether oxygens (including phenoxy) is 2. The van der Waals surface area contributed by atoms with Gasteiger partial charge in [0.1, 0.15) is 11.5 Å². The fourth-order valence-electron chi connectivity index (χ4n) is 2.13. The van der Waals surface area contributed by atoms with Crippen LogP contribution >= 0.6 is 15.9 Å². The van der Waals surface area contributed by atoms with E-state index in [9.17, 15) is 0 Å². The zero-order valence-electron chi connectivity index (χ0n) is 12.2. The number of methoxy groups -OCH3 is 2. The van der Waals surface area contributed by atoms with Crippen LogP contribution in [0.15, 0.2) is 36.4 Å². The normalized spacial score (nSPS) is 12.1. The van der Waals surface area contributed by atoms with Gasteiger partial charge in [0.15, 0.2) is 0 Å². The molecule has 0 aliphatic heterocycles. The molecule has 0 amide bonds. The van der Waals surface area contributed by atoms with E-state index in [2.05, 4.69) is 48.0 Å². The predicted molar refractivity (Wildman–Crippen MR) is 86.2 cm³/mol. The maximum Gasteiger partial charge on any atom is 0.127 e. The average Bonchev–Trinajstić information content (AvgIpc) is 2.48. The zero-order chi connectivity index (χ0) is 14.7. The summed E-state index contributed by atoms with van der Waals surface area (Å²) in [6.07, 6.45) is 0. The van der Waals surface area contributed by atoms with Gasteiger partial charge in [0.25, 0.3) is 0 Å². The first-order valence-electron chi connectivity index (χ1n) is 6.50. The minimum Gasteiger partial charge on any atom is -0.497 e. The molecule has 0 fully saturated rings. The molecule has 2 aromatic rings. The van der Waals surface area contributed by atoms with Gasteiger partial charge in [-0.05, 0) is 36.6 Å². The molecule has 0 heterocycles. The number of aryl methyl sites for hydroxylation is 2. The first-order chi connectivity index (χ1) is 9.56. The third kappa shape index (κ3) is 2.98. The third-order valence-electron chi connectivity index (χ3n) is 3.54. The predicted octanol–water partition coefficient (Wildman–Crippen LogP) is 4.80. The number of hydrogen-bond acceptors (Lipinski definition) is 2. The number of alkyl halides is 1. The van der Waals surface area contributed by atoms with Crippen molar-refractivity contribution in [2.45, 2.75) is 18.7 Å². The molecule has 0 saturated carbocycles. The van der Waals surface area contributed by atoms with Crippen molar-refractivity contribution in [1.29, 1.82) is 0 Å². The van der Waals surface area contributed by atoms with Gasteiger partial charge >= 0.3 is 0 Å². The Morgan fingerprint density at radius 2 is 1.65 bits per heavy atom. The first kappa shape index (κ1) is 14.9. The van der Waals surface area contributed by atoms with Crippen molar-refractivity contribution in [3.8, 4) is 11.5 Å². The van der Waals surface area contributed by atoms with Gasteiger partial charge < -0.3 is 9.47 Å². The van der Waals surface area contributed by atoms with Gasteiger partial charge in [0.2, 0.25) is 0 Å². The van der Waals surface area contributed by atoms with Crippen LogP contribution in [0.3, 0.4) is 0 Å². The molecule has 0 saturated heterocycles. The summed E-state index contributed by atoms with van der Waals surface area (Å²) < 4.78 is 10.7. The molecule has 0 aromatic heterocycles. The van der Waals surface area contributed by atoms with Crippen molar-refractivity contribution in [1.82, 2.24) is 0 Å². The Kier molecular flexibility index (Phi) is 4.71. The van der Waals surface area contributed by atoms with Crippen LogP contribution in [0.4, 0.5) is 0 Å². The van der Waals surface area contributed by atoms with Crippen LogP contribution in [0.5, 0.6) is 11.5 Å². The summed E-state index contributed by atoms with van der Waals surface area (Å²) in [6, 6.07) is 12.4. The monoisotopic (exact) mass is 334 g/mol. The summed E-state index contributed by atoms with van der Waals surface area (Å²) in [4.78, 5) is 0.0997. The molecule has 0 N–H and O–H groups in total. The van der Waals surface area contributed by atoms with Gasteiger partial charge in [-0.25, -0.2) is 0 Å². The van der Waals surface area contributed by atoms with E-state index < -0.39 is 0 Å². The second-order valence-corrected chi connectivity index (χ2v) is 5.73. The number of benzene rings is 2. The first-order valence-corrected chi connectivity index (χ1v) is 7.41. The molecule has 0 aliphatic carbocycles. The standard InChI is InChI=1S/C17H19BrO2/c1-11-5-6-13(9-12(11)2)17(18)15-8-7-14(19-3)10-16(15)20-4/h5-10,17H,1-4H3. The third-order valence-corrected chi connectivity index (χ3v) is 4.56. The smallest absolute Gasteiger partial charge is 0.127 e. The van der Waals surface area contributed by atoms with E-state index in [1.807, 2.05) is 18.2 Å². The minimum absolute atomic E-state index is 0.0997. The molecule has 1 unspecified atom stereocenters. The summed E-state index contributed by atoms with van der Waals surface area (Å²) in [5.74, 6) is 1.62. The molecule has 0 radical (unpaired) electrons. The van der Waals surface area contributed by atoms with Crippen molar-refractivity contribution in [2.75, 3.05) is 14.2 Å². The SMILES string of the molecule is COc1ccc(C(Br)c2ccc(C)c(C)c2)c(OC)c1. The number of hydrogen-bond donors (Lipinski definition) is 0. The van der Waals surface area contributed by atoms with E-state index >= 15 is 0 Å². The molecule has 2 aromatic carbocycles. The van der Waals surface area contributed by atoms with Crippen LogP contribution < -0.4 is 9.47 Å². The van der Waals surface area contributed by atoms with Crippen LogP contribution in [0, 0.1) is 13.8 Å². The van der Waals surface area contributed by atoms with E-state index in [0.717, 1.165) is 17.1 Å². The molecule has 2 nitrogen and oxygen atoms in total. The Labute approximate surface area is 128 Å². The van der Waals surface area contributed by atoms with Gasteiger partial charge in [-0.15, -0.1) is 0 Å². The summed E-state index contributed by atoms with van der Waals surface area (Å²) in [5.41, 5.74) is 4.91. The molecule has 3 heteroatoms. The summed E-state index contributed by atoms with van der Waals surface area (Å²) in [7, 11) is 3.34. The van der Waals surface area contributed by atoms with Crippen LogP contribution in [0.2, 0.25) is 0 Å². The lowest BCUT2D eigenvalue weighted by Gasteiger charge is -2.16. The van der Waals surface area contributed by atoms with Crippen molar-refractivity contribution in [2.24, 2.45) is 0 Å². The lowest BCUT2D eigenvalue weighted by Crippen LogP contribution is -1.98. The van der Waals surface area contributed by atoms with Crippen molar-refractivity contribution in [3.05, 3.63) is 58.7 Å². The fourth-order valence-corrected chi connectivity index (χ4v) is 2.79. The Hall–Kier alpha value is -1.48. The van der Waals surface area contributed by atoms with E-state index in [1.54, 1.807) is 14.2 Å². The molecular formula is C17H19BrO2. The largest absolute Gasteiger partial charge is 0.497 e. The van der Waals surface area contributed by atoms with Gasteiger partial charge in [-0.1, -0.05) is 40.2 Å². The van der Waals surface area contributed by atoms with Gasteiger partial charge in [0, 0.05) is 11.6 Å². The molecule has 0 bridgehead atoms. The topological polar surface area (TPSA) is 18.5 Å². The van der Waals surface area contributed by atoms with Crippen LogP contribution in [-0.2, 0) is 0 Å². The summed E-state index contributed by atoms with van der Waals surface area (Å²) >= 11 is 3.77. The van der Waals surface area contributed by atoms with E-state index in [-0.39, 0.29) is 4.83 Å². The van der Waals surface area contributed by atoms with Crippen LogP contribution in [0.25, 0.3) is 0 Å². The molecule has 2 rings (SSSR count). The molecule has 106 valence electrons. The van der Waals surface area contributed by atoms with Crippen LogP contribution in [-0.4, -0.2) is 14.2 Å². The molecule has 0 aliphatic rings. The van der Waals surface area contributed by atoms with E-state index in [4.69, 9.17) is 9.47 Å². The highest BCUT2D eigenvalue weighted by atomic mass is 79.9. The lowest BCUT2D eigenvalue weighted by molar-refractivity contribution is 0.391. The zero-order valence-corrected chi connectivity index (χ0v) is 13.8. The summed E-state index contributed by atoms with van der Waals surface area (Å²) in [6.45, 7) is 4.25. The van der Waals surface area contributed by atoms with Gasteiger partial charge in [-0.2, -0.15) is 0 Å². The highest BCUT2D eigenvalue weighted by Gasteiger charge is 2.16. The van der Waals surface area contributed by atoms with Gasteiger partial charge in [-0.3, -0.25) is 0 Å².